The van der Waals surface area contributed by atoms with Gasteiger partial charge in [0.1, 0.15) is 0 Å². The molecule has 0 aliphatic heterocycles. The topological polar surface area (TPSA) is 101 Å². The van der Waals surface area contributed by atoms with Crippen LogP contribution in [-0.4, -0.2) is 27.4 Å². The smallest absolute Gasteiger partial charge is 0.261 e. The molecule has 0 spiro atoms. The maximum atomic E-state index is 12.3. The van der Waals surface area contributed by atoms with Crippen molar-refractivity contribution in [3.63, 3.8) is 0 Å². The minimum atomic E-state index is -3.68. The SMILES string of the molecule is NCCCCNC(=O)c1cccc(NS(=O)(=O)c2ccccc2)c1. The van der Waals surface area contributed by atoms with Gasteiger partial charge in [-0.05, 0) is 49.7 Å². The molecule has 0 bridgehead atoms. The highest BCUT2D eigenvalue weighted by molar-refractivity contribution is 7.92. The Morgan fingerprint density at radius 2 is 1.75 bits per heavy atom. The molecule has 6 nitrogen and oxygen atoms in total. The molecule has 0 aliphatic carbocycles. The standard InChI is InChI=1S/C17H21N3O3S/c18-11-4-5-12-19-17(21)14-7-6-8-15(13-14)20-24(22,23)16-9-2-1-3-10-16/h1-3,6-10,13,20H,4-5,11-12,18H2,(H,19,21). The van der Waals surface area contributed by atoms with Crippen molar-refractivity contribution in [2.75, 3.05) is 17.8 Å². The van der Waals surface area contributed by atoms with Crippen LogP contribution in [0.1, 0.15) is 23.2 Å². The van der Waals surface area contributed by atoms with E-state index in [4.69, 9.17) is 5.73 Å². The number of nitrogens with two attached hydrogens (primary N) is 1. The Hall–Kier alpha value is -2.38. The predicted octanol–water partition coefficient (Wildman–Crippen LogP) is 1.96. The summed E-state index contributed by atoms with van der Waals surface area (Å²) < 4.78 is 27.1. The summed E-state index contributed by atoms with van der Waals surface area (Å²) in [6.07, 6.45) is 1.65. The number of hydrogen-bond donors (Lipinski definition) is 3. The summed E-state index contributed by atoms with van der Waals surface area (Å²) in [5, 5.41) is 2.78. The van der Waals surface area contributed by atoms with Crippen LogP contribution in [0, 0.1) is 0 Å². The summed E-state index contributed by atoms with van der Waals surface area (Å²) >= 11 is 0. The lowest BCUT2D eigenvalue weighted by Crippen LogP contribution is -2.25. The lowest BCUT2D eigenvalue weighted by atomic mass is 10.2. The molecule has 0 atom stereocenters. The van der Waals surface area contributed by atoms with Crippen LogP contribution in [0.4, 0.5) is 5.69 Å². The number of amides is 1. The van der Waals surface area contributed by atoms with Crippen LogP contribution < -0.4 is 15.8 Å². The van der Waals surface area contributed by atoms with Gasteiger partial charge >= 0.3 is 0 Å². The highest BCUT2D eigenvalue weighted by atomic mass is 32.2. The van der Waals surface area contributed by atoms with E-state index in [1.54, 1.807) is 36.4 Å². The molecule has 0 unspecified atom stereocenters. The minimum Gasteiger partial charge on any atom is -0.352 e. The van der Waals surface area contributed by atoms with Gasteiger partial charge < -0.3 is 11.1 Å². The van der Waals surface area contributed by atoms with Crippen molar-refractivity contribution in [2.45, 2.75) is 17.7 Å². The highest BCUT2D eigenvalue weighted by Crippen LogP contribution is 2.17. The number of unbranched alkanes of at least 4 members (excludes halogenated alkanes) is 1. The van der Waals surface area contributed by atoms with Gasteiger partial charge in [-0.25, -0.2) is 8.42 Å². The van der Waals surface area contributed by atoms with Gasteiger partial charge in [-0.3, -0.25) is 9.52 Å². The number of carbonyl (C=O) groups excluding carboxylic acids is 1. The molecule has 0 saturated carbocycles. The van der Waals surface area contributed by atoms with E-state index in [9.17, 15) is 13.2 Å². The van der Waals surface area contributed by atoms with Crippen molar-refractivity contribution in [1.82, 2.24) is 5.32 Å². The van der Waals surface area contributed by atoms with Crippen LogP contribution in [0.3, 0.4) is 0 Å². The summed E-state index contributed by atoms with van der Waals surface area (Å²) in [6, 6.07) is 14.5. The Morgan fingerprint density at radius 3 is 2.46 bits per heavy atom. The molecule has 0 aromatic heterocycles. The summed E-state index contributed by atoms with van der Waals surface area (Å²) in [6.45, 7) is 1.13. The van der Waals surface area contributed by atoms with Crippen molar-refractivity contribution in [2.24, 2.45) is 5.73 Å². The van der Waals surface area contributed by atoms with Crippen LogP contribution in [0.2, 0.25) is 0 Å². The zero-order valence-electron chi connectivity index (χ0n) is 13.2. The Balaban J connectivity index is 2.06. The predicted molar refractivity (Wildman–Crippen MR) is 94.3 cm³/mol. The van der Waals surface area contributed by atoms with E-state index in [2.05, 4.69) is 10.0 Å². The lowest BCUT2D eigenvalue weighted by Gasteiger charge is -2.10. The van der Waals surface area contributed by atoms with Gasteiger partial charge in [-0.2, -0.15) is 0 Å². The quantitative estimate of drug-likeness (QED) is 0.635. The van der Waals surface area contributed by atoms with E-state index in [0.29, 0.717) is 24.3 Å². The molecule has 2 aromatic rings. The molecule has 1 amide bonds. The zero-order valence-corrected chi connectivity index (χ0v) is 14.1. The summed E-state index contributed by atoms with van der Waals surface area (Å²) in [7, 11) is -3.68. The van der Waals surface area contributed by atoms with Crippen molar-refractivity contribution >= 4 is 21.6 Å². The molecule has 7 heteroatoms. The van der Waals surface area contributed by atoms with Gasteiger partial charge in [0.05, 0.1) is 4.90 Å². The molecule has 2 rings (SSSR count). The second-order valence-electron chi connectivity index (χ2n) is 5.25. The maximum Gasteiger partial charge on any atom is 0.261 e. The molecule has 0 saturated heterocycles. The normalized spacial score (nSPS) is 11.0. The lowest BCUT2D eigenvalue weighted by molar-refractivity contribution is 0.0953. The molecule has 0 heterocycles. The average molecular weight is 347 g/mol. The summed E-state index contributed by atoms with van der Waals surface area (Å²) in [5.74, 6) is -0.243. The molecule has 128 valence electrons. The third-order valence-corrected chi connectivity index (χ3v) is 4.74. The van der Waals surface area contributed by atoms with Crippen LogP contribution >= 0.6 is 0 Å². The number of carbonyl (C=O) groups is 1. The van der Waals surface area contributed by atoms with Gasteiger partial charge in [0.25, 0.3) is 15.9 Å². The first-order valence-electron chi connectivity index (χ1n) is 7.69. The molecule has 0 aliphatic rings. The monoisotopic (exact) mass is 347 g/mol. The highest BCUT2D eigenvalue weighted by Gasteiger charge is 2.14. The van der Waals surface area contributed by atoms with Crippen molar-refractivity contribution < 1.29 is 13.2 Å². The third kappa shape index (κ3) is 5.07. The Morgan fingerprint density at radius 1 is 1.00 bits per heavy atom. The molecule has 4 N–H and O–H groups in total. The van der Waals surface area contributed by atoms with Crippen LogP contribution in [-0.2, 0) is 10.0 Å². The van der Waals surface area contributed by atoms with Gasteiger partial charge in [-0.15, -0.1) is 0 Å². The van der Waals surface area contributed by atoms with Crippen LogP contribution in [0.5, 0.6) is 0 Å². The van der Waals surface area contributed by atoms with Crippen molar-refractivity contribution in [1.29, 1.82) is 0 Å². The summed E-state index contributed by atoms with van der Waals surface area (Å²) in [4.78, 5) is 12.2. The van der Waals surface area contributed by atoms with Crippen molar-refractivity contribution in [3.05, 3.63) is 60.2 Å². The van der Waals surface area contributed by atoms with Gasteiger partial charge in [0, 0.05) is 17.8 Å². The van der Waals surface area contributed by atoms with Crippen LogP contribution in [0.15, 0.2) is 59.5 Å². The first-order valence-corrected chi connectivity index (χ1v) is 9.17. The molecule has 24 heavy (non-hydrogen) atoms. The molecular formula is C17H21N3O3S. The molecule has 0 radical (unpaired) electrons. The first-order chi connectivity index (χ1) is 11.5. The third-order valence-electron chi connectivity index (χ3n) is 3.35. The molecular weight excluding hydrogens is 326 g/mol. The first kappa shape index (κ1) is 18.0. The van der Waals surface area contributed by atoms with E-state index in [1.165, 1.54) is 18.2 Å². The van der Waals surface area contributed by atoms with Gasteiger partial charge in [-0.1, -0.05) is 24.3 Å². The van der Waals surface area contributed by atoms with E-state index in [0.717, 1.165) is 12.8 Å². The number of nitrogens with one attached hydrogen (secondary N) is 2. The second kappa shape index (κ2) is 8.47. The van der Waals surface area contributed by atoms with E-state index >= 15 is 0 Å². The fourth-order valence-electron chi connectivity index (χ4n) is 2.11. The molecule has 0 fully saturated rings. The summed E-state index contributed by atoms with van der Waals surface area (Å²) in [5.41, 5.74) is 6.15. The van der Waals surface area contributed by atoms with Crippen molar-refractivity contribution in [3.8, 4) is 0 Å². The Bertz CT molecular complexity index is 777. The Labute approximate surface area is 142 Å². The van der Waals surface area contributed by atoms with Crippen LogP contribution in [0.25, 0.3) is 0 Å². The number of rotatable bonds is 8. The van der Waals surface area contributed by atoms with E-state index < -0.39 is 10.0 Å². The number of anilines is 1. The number of sulfonamides is 1. The zero-order chi connectivity index (χ0) is 17.4. The average Bonchev–Trinajstić information content (AvgIpc) is 2.59. The van der Waals surface area contributed by atoms with E-state index in [-0.39, 0.29) is 10.8 Å². The largest absolute Gasteiger partial charge is 0.352 e. The maximum absolute atomic E-state index is 12.3. The number of benzene rings is 2. The Kier molecular flexibility index (Phi) is 6.34. The minimum absolute atomic E-state index is 0.168. The van der Waals surface area contributed by atoms with Gasteiger partial charge in [0.15, 0.2) is 0 Å². The fourth-order valence-corrected chi connectivity index (χ4v) is 3.18. The molecule has 2 aromatic carbocycles. The van der Waals surface area contributed by atoms with Gasteiger partial charge in [0.2, 0.25) is 0 Å². The van der Waals surface area contributed by atoms with E-state index in [1.807, 2.05) is 0 Å². The number of hydrogen-bond acceptors (Lipinski definition) is 4. The fraction of sp³-hybridized carbons (Fsp3) is 0.235. The second-order valence-corrected chi connectivity index (χ2v) is 6.93.